The van der Waals surface area contributed by atoms with Crippen molar-refractivity contribution in [1.29, 1.82) is 0 Å². The fraction of sp³-hybridized carbons (Fsp3) is 0.286. The quantitative estimate of drug-likeness (QED) is 0.688. The van der Waals surface area contributed by atoms with Gasteiger partial charge in [0, 0.05) is 18.7 Å². The van der Waals surface area contributed by atoms with Gasteiger partial charge < -0.3 is 14.6 Å². The number of nitrogens with one attached hydrogen (secondary N) is 1. The SMILES string of the molecule is COc1ccc(Cn2c(=S)[nH]c3cc(C(=O)N4CCCC4)ccc3c2=O)cc1. The third-order valence-corrected chi connectivity index (χ3v) is 5.44. The standard InChI is InChI=1S/C21H21N3O3S/c1-27-16-7-4-14(5-8-16)13-24-20(26)17-9-6-15(12-18(17)22-21(24)28)19(25)23-10-2-3-11-23/h4-9,12H,2-3,10-11,13H2,1H3,(H,22,28). The van der Waals surface area contributed by atoms with Gasteiger partial charge in [0.1, 0.15) is 5.75 Å². The Morgan fingerprint density at radius 1 is 1.14 bits per heavy atom. The highest BCUT2D eigenvalue weighted by atomic mass is 32.1. The smallest absolute Gasteiger partial charge is 0.262 e. The number of methoxy groups -OCH3 is 1. The van der Waals surface area contributed by atoms with Crippen molar-refractivity contribution in [3.63, 3.8) is 0 Å². The van der Waals surface area contributed by atoms with E-state index in [0.29, 0.717) is 27.8 Å². The van der Waals surface area contributed by atoms with Crippen LogP contribution in [0.5, 0.6) is 5.75 Å². The van der Waals surface area contributed by atoms with Gasteiger partial charge in [-0.15, -0.1) is 0 Å². The minimum absolute atomic E-state index is 0.00105. The number of carbonyl (C=O) groups excluding carboxylic acids is 1. The maximum absolute atomic E-state index is 13.0. The zero-order chi connectivity index (χ0) is 19.7. The van der Waals surface area contributed by atoms with E-state index in [-0.39, 0.29) is 11.5 Å². The first kappa shape index (κ1) is 18.4. The first-order chi connectivity index (χ1) is 13.6. The van der Waals surface area contributed by atoms with Gasteiger partial charge in [-0.25, -0.2) is 0 Å². The molecule has 1 amide bonds. The third-order valence-electron chi connectivity index (χ3n) is 5.12. The zero-order valence-corrected chi connectivity index (χ0v) is 16.4. The molecule has 1 aliphatic heterocycles. The van der Waals surface area contributed by atoms with Crippen LogP contribution < -0.4 is 10.3 Å². The molecule has 0 bridgehead atoms. The summed E-state index contributed by atoms with van der Waals surface area (Å²) in [5.74, 6) is 0.760. The molecule has 2 heterocycles. The summed E-state index contributed by atoms with van der Waals surface area (Å²) < 4.78 is 7.03. The van der Waals surface area contributed by atoms with E-state index in [1.54, 1.807) is 25.3 Å². The van der Waals surface area contributed by atoms with Crippen LogP contribution in [0.2, 0.25) is 0 Å². The fourth-order valence-corrected chi connectivity index (χ4v) is 3.80. The molecule has 28 heavy (non-hydrogen) atoms. The van der Waals surface area contributed by atoms with Crippen molar-refractivity contribution in [1.82, 2.24) is 14.5 Å². The average Bonchev–Trinajstić information content (AvgIpc) is 3.25. The lowest BCUT2D eigenvalue weighted by atomic mass is 10.1. The van der Waals surface area contributed by atoms with Gasteiger partial charge in [-0.3, -0.25) is 14.2 Å². The van der Waals surface area contributed by atoms with Crippen molar-refractivity contribution in [2.45, 2.75) is 19.4 Å². The van der Waals surface area contributed by atoms with E-state index >= 15 is 0 Å². The number of nitrogens with zero attached hydrogens (tertiary/aromatic N) is 2. The van der Waals surface area contributed by atoms with Gasteiger partial charge in [0.05, 0.1) is 24.6 Å². The molecule has 144 valence electrons. The van der Waals surface area contributed by atoms with Crippen LogP contribution in [-0.4, -0.2) is 40.6 Å². The first-order valence-corrected chi connectivity index (χ1v) is 9.67. The van der Waals surface area contributed by atoms with Crippen LogP contribution in [0.1, 0.15) is 28.8 Å². The molecule has 1 N–H and O–H groups in total. The summed E-state index contributed by atoms with van der Waals surface area (Å²) in [6.45, 7) is 1.94. The maximum atomic E-state index is 13.0. The van der Waals surface area contributed by atoms with Gasteiger partial charge in [0.25, 0.3) is 11.5 Å². The molecule has 7 heteroatoms. The summed E-state index contributed by atoms with van der Waals surface area (Å²) in [7, 11) is 1.61. The van der Waals surface area contributed by atoms with Crippen LogP contribution in [0.4, 0.5) is 0 Å². The number of aromatic amines is 1. The number of H-pyrrole nitrogens is 1. The Morgan fingerprint density at radius 3 is 2.54 bits per heavy atom. The number of likely N-dealkylation sites (tertiary alicyclic amines) is 1. The van der Waals surface area contributed by atoms with Crippen molar-refractivity contribution in [2.24, 2.45) is 0 Å². The predicted molar refractivity (Wildman–Crippen MR) is 111 cm³/mol. The Balaban J connectivity index is 1.69. The molecular weight excluding hydrogens is 374 g/mol. The van der Waals surface area contributed by atoms with Gasteiger partial charge >= 0.3 is 0 Å². The Labute approximate surface area is 167 Å². The second kappa shape index (κ2) is 7.59. The van der Waals surface area contributed by atoms with E-state index in [1.807, 2.05) is 29.2 Å². The van der Waals surface area contributed by atoms with Gasteiger partial charge in [0.15, 0.2) is 4.77 Å². The molecule has 1 aromatic heterocycles. The highest BCUT2D eigenvalue weighted by Gasteiger charge is 2.20. The van der Waals surface area contributed by atoms with Crippen LogP contribution >= 0.6 is 12.2 Å². The lowest BCUT2D eigenvalue weighted by Gasteiger charge is -2.15. The van der Waals surface area contributed by atoms with Gasteiger partial charge in [-0.1, -0.05) is 12.1 Å². The van der Waals surface area contributed by atoms with E-state index in [1.165, 1.54) is 4.57 Å². The minimum atomic E-state index is -0.172. The molecule has 0 aliphatic carbocycles. The Morgan fingerprint density at radius 2 is 1.86 bits per heavy atom. The molecule has 0 radical (unpaired) electrons. The largest absolute Gasteiger partial charge is 0.497 e. The number of carbonyl (C=O) groups is 1. The molecule has 4 rings (SSSR count). The number of ether oxygens (including phenoxy) is 1. The molecule has 1 saturated heterocycles. The number of rotatable bonds is 4. The molecule has 3 aromatic rings. The number of benzene rings is 2. The molecular formula is C21H21N3O3S. The highest BCUT2D eigenvalue weighted by molar-refractivity contribution is 7.71. The summed E-state index contributed by atoms with van der Waals surface area (Å²) in [6.07, 6.45) is 2.08. The number of fused-ring (bicyclic) bond motifs is 1. The van der Waals surface area contributed by atoms with Crippen molar-refractivity contribution >= 4 is 29.0 Å². The van der Waals surface area contributed by atoms with Crippen molar-refractivity contribution in [2.75, 3.05) is 20.2 Å². The van der Waals surface area contributed by atoms with Crippen LogP contribution in [0.15, 0.2) is 47.3 Å². The number of hydrogen-bond donors (Lipinski definition) is 1. The predicted octanol–water partition coefficient (Wildman–Crippen LogP) is 3.35. The van der Waals surface area contributed by atoms with E-state index < -0.39 is 0 Å². The molecule has 1 fully saturated rings. The highest BCUT2D eigenvalue weighted by Crippen LogP contribution is 2.17. The van der Waals surface area contributed by atoms with Crippen molar-refractivity contribution in [3.05, 3.63) is 68.7 Å². The van der Waals surface area contributed by atoms with E-state index in [9.17, 15) is 9.59 Å². The van der Waals surface area contributed by atoms with Crippen molar-refractivity contribution in [3.8, 4) is 5.75 Å². The van der Waals surface area contributed by atoms with Crippen molar-refractivity contribution < 1.29 is 9.53 Å². The van der Waals surface area contributed by atoms with Crippen LogP contribution in [0, 0.1) is 4.77 Å². The fourth-order valence-electron chi connectivity index (χ4n) is 3.55. The van der Waals surface area contributed by atoms with Crippen LogP contribution in [-0.2, 0) is 6.54 Å². The number of amides is 1. The molecule has 0 unspecified atom stereocenters. The van der Waals surface area contributed by atoms with E-state index in [0.717, 1.165) is 37.2 Å². The van der Waals surface area contributed by atoms with Crippen LogP contribution in [0.25, 0.3) is 10.9 Å². The zero-order valence-electron chi connectivity index (χ0n) is 15.6. The Kier molecular flexibility index (Phi) is 5.00. The summed E-state index contributed by atoms with van der Waals surface area (Å²) in [5, 5.41) is 0.514. The first-order valence-electron chi connectivity index (χ1n) is 9.26. The van der Waals surface area contributed by atoms with E-state index in [2.05, 4.69) is 4.98 Å². The Bertz CT molecular complexity index is 1140. The Hall–Kier alpha value is -2.93. The number of hydrogen-bond acceptors (Lipinski definition) is 4. The molecule has 2 aromatic carbocycles. The molecule has 0 saturated carbocycles. The maximum Gasteiger partial charge on any atom is 0.262 e. The topological polar surface area (TPSA) is 67.3 Å². The molecule has 0 atom stereocenters. The summed E-state index contributed by atoms with van der Waals surface area (Å²) in [5.41, 5.74) is 1.94. The average molecular weight is 395 g/mol. The van der Waals surface area contributed by atoms with Gasteiger partial charge in [-0.2, -0.15) is 0 Å². The third kappa shape index (κ3) is 3.45. The van der Waals surface area contributed by atoms with Gasteiger partial charge in [0.2, 0.25) is 0 Å². The monoisotopic (exact) mass is 395 g/mol. The molecule has 6 nitrogen and oxygen atoms in total. The van der Waals surface area contributed by atoms with Gasteiger partial charge in [-0.05, 0) is 61.0 Å². The minimum Gasteiger partial charge on any atom is -0.497 e. The number of aromatic nitrogens is 2. The summed E-state index contributed by atoms with van der Waals surface area (Å²) >= 11 is 5.42. The van der Waals surface area contributed by atoms with Crippen LogP contribution in [0.3, 0.4) is 0 Å². The summed E-state index contributed by atoms with van der Waals surface area (Å²) in [4.78, 5) is 30.5. The second-order valence-corrected chi connectivity index (χ2v) is 7.32. The summed E-state index contributed by atoms with van der Waals surface area (Å²) in [6, 6.07) is 12.7. The van der Waals surface area contributed by atoms with E-state index in [4.69, 9.17) is 17.0 Å². The second-order valence-electron chi connectivity index (χ2n) is 6.93. The normalized spacial score (nSPS) is 13.8. The molecule has 1 aliphatic rings. The lowest BCUT2D eigenvalue weighted by Crippen LogP contribution is -2.28. The molecule has 0 spiro atoms. The lowest BCUT2D eigenvalue weighted by molar-refractivity contribution is 0.0793.